The van der Waals surface area contributed by atoms with Crippen LogP contribution in [-0.2, 0) is 26.7 Å². The smallest absolute Gasteiger partial charge is 0.312 e. The first-order chi connectivity index (χ1) is 8.16. The molecule has 4 nitrogen and oxygen atoms in total. The lowest BCUT2D eigenvalue weighted by molar-refractivity contribution is -0.477. The summed E-state index contributed by atoms with van der Waals surface area (Å²) in [7, 11) is 0. The minimum atomic E-state index is -1.01. The SMILES string of the molecule is CC12COC(c3cccc(CN)c3)(OC1)OC2. The molecule has 0 aliphatic carbocycles. The van der Waals surface area contributed by atoms with E-state index in [2.05, 4.69) is 6.92 Å². The van der Waals surface area contributed by atoms with Gasteiger partial charge in [-0.05, 0) is 11.6 Å². The van der Waals surface area contributed by atoms with Crippen molar-refractivity contribution >= 4 is 0 Å². The second kappa shape index (κ2) is 3.78. The molecule has 3 saturated heterocycles. The van der Waals surface area contributed by atoms with Gasteiger partial charge in [0.2, 0.25) is 0 Å². The highest BCUT2D eigenvalue weighted by atomic mass is 16.9. The van der Waals surface area contributed by atoms with E-state index in [9.17, 15) is 0 Å². The van der Waals surface area contributed by atoms with Gasteiger partial charge in [0.05, 0.1) is 19.8 Å². The molecule has 0 atom stereocenters. The van der Waals surface area contributed by atoms with Crippen LogP contribution in [0.4, 0.5) is 0 Å². The highest BCUT2D eigenvalue weighted by molar-refractivity contribution is 5.26. The second-order valence-electron chi connectivity index (χ2n) is 5.14. The van der Waals surface area contributed by atoms with Gasteiger partial charge in [0, 0.05) is 17.5 Å². The molecule has 2 N–H and O–H groups in total. The lowest BCUT2D eigenvalue weighted by Gasteiger charge is -2.50. The minimum absolute atomic E-state index is 0.00672. The van der Waals surface area contributed by atoms with E-state index in [4.69, 9.17) is 19.9 Å². The Morgan fingerprint density at radius 2 is 1.82 bits per heavy atom. The van der Waals surface area contributed by atoms with Crippen molar-refractivity contribution in [3.63, 3.8) is 0 Å². The predicted octanol–water partition coefficient (Wildman–Crippen LogP) is 1.34. The molecule has 4 rings (SSSR count). The maximum absolute atomic E-state index is 5.77. The van der Waals surface area contributed by atoms with Crippen molar-refractivity contribution < 1.29 is 14.2 Å². The van der Waals surface area contributed by atoms with Gasteiger partial charge in [0.1, 0.15) is 0 Å². The van der Waals surface area contributed by atoms with Crippen LogP contribution in [-0.4, -0.2) is 19.8 Å². The van der Waals surface area contributed by atoms with E-state index in [-0.39, 0.29) is 5.41 Å². The van der Waals surface area contributed by atoms with Gasteiger partial charge in [-0.3, -0.25) is 0 Å². The normalized spacial score (nSPS) is 36.1. The van der Waals surface area contributed by atoms with Crippen LogP contribution in [0.5, 0.6) is 0 Å². The maximum Gasteiger partial charge on any atom is 0.312 e. The molecule has 4 heteroatoms. The number of benzene rings is 1. The topological polar surface area (TPSA) is 53.7 Å². The van der Waals surface area contributed by atoms with Crippen LogP contribution < -0.4 is 5.73 Å². The molecule has 0 radical (unpaired) electrons. The molecule has 1 aromatic rings. The van der Waals surface area contributed by atoms with Crippen molar-refractivity contribution in [2.24, 2.45) is 11.1 Å². The van der Waals surface area contributed by atoms with E-state index in [1.807, 2.05) is 24.3 Å². The van der Waals surface area contributed by atoms with Gasteiger partial charge < -0.3 is 19.9 Å². The lowest BCUT2D eigenvalue weighted by atomic mass is 9.91. The highest BCUT2D eigenvalue weighted by Crippen LogP contribution is 2.43. The molecule has 3 aliphatic heterocycles. The third kappa shape index (κ3) is 1.77. The number of rotatable bonds is 2. The molecule has 0 amide bonds. The molecule has 0 saturated carbocycles. The summed E-state index contributed by atoms with van der Waals surface area (Å²) in [5.74, 6) is -1.01. The molecule has 3 heterocycles. The van der Waals surface area contributed by atoms with Crippen LogP contribution in [0.25, 0.3) is 0 Å². The molecule has 3 fully saturated rings. The quantitative estimate of drug-likeness (QED) is 0.840. The molecule has 1 aromatic carbocycles. The zero-order valence-electron chi connectivity index (χ0n) is 9.94. The minimum Gasteiger partial charge on any atom is -0.326 e. The van der Waals surface area contributed by atoms with Crippen molar-refractivity contribution in [3.05, 3.63) is 35.4 Å². The Labute approximate surface area is 101 Å². The highest BCUT2D eigenvalue weighted by Gasteiger charge is 2.51. The number of hydrogen-bond donors (Lipinski definition) is 1. The largest absolute Gasteiger partial charge is 0.326 e. The van der Waals surface area contributed by atoms with E-state index >= 15 is 0 Å². The first-order valence-corrected chi connectivity index (χ1v) is 5.87. The van der Waals surface area contributed by atoms with Crippen molar-refractivity contribution in [2.45, 2.75) is 19.4 Å². The summed E-state index contributed by atoms with van der Waals surface area (Å²) in [5.41, 5.74) is 7.57. The Morgan fingerprint density at radius 3 is 2.41 bits per heavy atom. The van der Waals surface area contributed by atoms with Gasteiger partial charge in [-0.15, -0.1) is 0 Å². The van der Waals surface area contributed by atoms with Crippen LogP contribution in [0.1, 0.15) is 18.1 Å². The number of ether oxygens (including phenoxy) is 3. The summed E-state index contributed by atoms with van der Waals surface area (Å²) in [4.78, 5) is 0. The number of hydrogen-bond acceptors (Lipinski definition) is 4. The fourth-order valence-corrected chi connectivity index (χ4v) is 2.20. The fourth-order valence-electron chi connectivity index (χ4n) is 2.20. The van der Waals surface area contributed by atoms with Crippen molar-refractivity contribution in [1.29, 1.82) is 0 Å². The monoisotopic (exact) mass is 235 g/mol. The summed E-state index contributed by atoms with van der Waals surface area (Å²) in [6.45, 7) is 4.60. The molecular formula is C13H17NO3. The van der Waals surface area contributed by atoms with E-state index in [0.29, 0.717) is 26.4 Å². The van der Waals surface area contributed by atoms with Gasteiger partial charge in [-0.2, -0.15) is 0 Å². The Balaban J connectivity index is 1.93. The zero-order chi connectivity index (χ0) is 11.9. The molecule has 2 bridgehead atoms. The van der Waals surface area contributed by atoms with Gasteiger partial charge in [-0.25, -0.2) is 0 Å². The third-order valence-electron chi connectivity index (χ3n) is 3.35. The average molecular weight is 235 g/mol. The van der Waals surface area contributed by atoms with Crippen molar-refractivity contribution in [1.82, 2.24) is 0 Å². The number of fused-ring (bicyclic) bond motifs is 3. The molecule has 92 valence electrons. The Morgan fingerprint density at radius 1 is 1.18 bits per heavy atom. The Kier molecular flexibility index (Phi) is 2.48. The first kappa shape index (κ1) is 11.2. The molecule has 17 heavy (non-hydrogen) atoms. The van der Waals surface area contributed by atoms with Crippen LogP contribution in [0.2, 0.25) is 0 Å². The summed E-state index contributed by atoms with van der Waals surface area (Å²) in [6.07, 6.45) is 0. The summed E-state index contributed by atoms with van der Waals surface area (Å²) < 4.78 is 17.3. The predicted molar refractivity (Wildman–Crippen MR) is 62.0 cm³/mol. The van der Waals surface area contributed by atoms with Crippen molar-refractivity contribution in [3.8, 4) is 0 Å². The van der Waals surface area contributed by atoms with Gasteiger partial charge in [0.25, 0.3) is 0 Å². The molecule has 0 spiro atoms. The fraction of sp³-hybridized carbons (Fsp3) is 0.538. The van der Waals surface area contributed by atoms with Gasteiger partial charge in [-0.1, -0.05) is 25.1 Å². The van der Waals surface area contributed by atoms with Crippen LogP contribution in [0.3, 0.4) is 0 Å². The van der Waals surface area contributed by atoms with Crippen molar-refractivity contribution in [2.75, 3.05) is 19.8 Å². The molecule has 0 unspecified atom stereocenters. The molecule has 0 aromatic heterocycles. The van der Waals surface area contributed by atoms with Crippen LogP contribution in [0.15, 0.2) is 24.3 Å². The van der Waals surface area contributed by atoms with Crippen LogP contribution in [0, 0.1) is 5.41 Å². The second-order valence-corrected chi connectivity index (χ2v) is 5.14. The third-order valence-corrected chi connectivity index (χ3v) is 3.35. The van der Waals surface area contributed by atoms with E-state index in [1.165, 1.54) is 0 Å². The van der Waals surface area contributed by atoms with Crippen LogP contribution >= 0.6 is 0 Å². The Hall–Kier alpha value is -0.940. The summed E-state index contributed by atoms with van der Waals surface area (Å²) in [5, 5.41) is 0. The summed E-state index contributed by atoms with van der Waals surface area (Å²) in [6, 6.07) is 7.86. The summed E-state index contributed by atoms with van der Waals surface area (Å²) >= 11 is 0. The molecule has 3 aliphatic rings. The molecular weight excluding hydrogens is 218 g/mol. The van der Waals surface area contributed by atoms with Gasteiger partial charge >= 0.3 is 5.97 Å². The number of nitrogens with two attached hydrogens (primary N) is 1. The van der Waals surface area contributed by atoms with E-state index in [0.717, 1.165) is 11.1 Å². The van der Waals surface area contributed by atoms with Gasteiger partial charge in [0.15, 0.2) is 0 Å². The lowest BCUT2D eigenvalue weighted by Crippen LogP contribution is -2.57. The zero-order valence-corrected chi connectivity index (χ0v) is 9.94. The van der Waals surface area contributed by atoms with E-state index in [1.54, 1.807) is 0 Å². The van der Waals surface area contributed by atoms with E-state index < -0.39 is 5.97 Å². The average Bonchev–Trinajstić information content (AvgIpc) is 2.40. The first-order valence-electron chi connectivity index (χ1n) is 5.87. The maximum atomic E-state index is 5.77. The Bertz CT molecular complexity index is 408. The standard InChI is InChI=1S/C13H17NO3/c1-12-7-15-13(16-8-12,17-9-12)11-4-2-3-10(5-11)6-14/h2-5H,6-9,14H2,1H3.